The van der Waals surface area contributed by atoms with Gasteiger partial charge in [0.2, 0.25) is 5.88 Å². The number of nitriles is 1. The van der Waals surface area contributed by atoms with Crippen LogP contribution >= 0.6 is 15.9 Å². The molecule has 0 radical (unpaired) electrons. The summed E-state index contributed by atoms with van der Waals surface area (Å²) in [4.78, 5) is 4.04. The fourth-order valence-corrected chi connectivity index (χ4v) is 1.55. The maximum absolute atomic E-state index is 8.65. The number of aryl methyl sites for hydroxylation is 1. The van der Waals surface area contributed by atoms with Crippen molar-refractivity contribution in [1.29, 1.82) is 5.26 Å². The Hall–Kier alpha value is -1.86. The summed E-state index contributed by atoms with van der Waals surface area (Å²) in [6.07, 6.45) is 1.49. The zero-order valence-corrected chi connectivity index (χ0v) is 10.7. The molecule has 0 atom stereocenters. The van der Waals surface area contributed by atoms with Gasteiger partial charge < -0.3 is 4.74 Å². The summed E-state index contributed by atoms with van der Waals surface area (Å²) in [5.74, 6) is 1.20. The molecule has 0 spiro atoms. The number of hydrogen-bond donors (Lipinski definition) is 0. The van der Waals surface area contributed by atoms with Crippen LogP contribution in [0.3, 0.4) is 0 Å². The number of pyridine rings is 1. The smallest absolute Gasteiger partial charge is 0.219 e. The Bertz CT molecular complexity index is 573. The molecule has 2 rings (SSSR count). The molecular formula is C13H9BrN2O. The van der Waals surface area contributed by atoms with E-state index in [-0.39, 0.29) is 0 Å². The number of benzene rings is 1. The summed E-state index contributed by atoms with van der Waals surface area (Å²) < 4.78 is 6.61. The van der Waals surface area contributed by atoms with Gasteiger partial charge in [0.05, 0.1) is 5.56 Å². The van der Waals surface area contributed by atoms with E-state index >= 15 is 0 Å². The van der Waals surface area contributed by atoms with Gasteiger partial charge in [0, 0.05) is 16.7 Å². The fourth-order valence-electron chi connectivity index (χ4n) is 1.31. The van der Waals surface area contributed by atoms with Gasteiger partial charge in [-0.3, -0.25) is 0 Å². The second-order valence-electron chi connectivity index (χ2n) is 3.51. The van der Waals surface area contributed by atoms with E-state index in [0.29, 0.717) is 11.4 Å². The van der Waals surface area contributed by atoms with E-state index in [9.17, 15) is 0 Å². The predicted molar refractivity (Wildman–Crippen MR) is 67.9 cm³/mol. The third-order valence-electron chi connectivity index (χ3n) is 2.22. The van der Waals surface area contributed by atoms with Gasteiger partial charge >= 0.3 is 0 Å². The lowest BCUT2D eigenvalue weighted by atomic mass is 10.2. The van der Waals surface area contributed by atoms with Crippen molar-refractivity contribution in [3.05, 3.63) is 52.1 Å². The van der Waals surface area contributed by atoms with E-state index in [2.05, 4.69) is 20.9 Å². The molecule has 1 aromatic heterocycles. The summed E-state index contributed by atoms with van der Waals surface area (Å²) in [6.45, 7) is 1.99. The molecule has 2 aromatic rings. The van der Waals surface area contributed by atoms with Crippen molar-refractivity contribution in [2.75, 3.05) is 0 Å². The highest BCUT2D eigenvalue weighted by atomic mass is 79.9. The van der Waals surface area contributed by atoms with E-state index in [1.807, 2.05) is 31.2 Å². The number of nitrogens with zero attached hydrogens (tertiary/aromatic N) is 2. The van der Waals surface area contributed by atoms with Gasteiger partial charge in [-0.15, -0.1) is 0 Å². The average Bonchev–Trinajstić information content (AvgIpc) is 2.35. The number of aromatic nitrogens is 1. The topological polar surface area (TPSA) is 45.9 Å². The van der Waals surface area contributed by atoms with Gasteiger partial charge in [-0.25, -0.2) is 4.98 Å². The molecule has 1 heterocycles. The number of hydrogen-bond acceptors (Lipinski definition) is 3. The molecule has 0 aliphatic heterocycles. The lowest BCUT2D eigenvalue weighted by molar-refractivity contribution is 0.462. The van der Waals surface area contributed by atoms with Crippen molar-refractivity contribution in [2.24, 2.45) is 0 Å². The van der Waals surface area contributed by atoms with Gasteiger partial charge in [0.25, 0.3) is 0 Å². The molecule has 0 amide bonds. The molecular weight excluding hydrogens is 280 g/mol. The van der Waals surface area contributed by atoms with Crippen LogP contribution in [0.5, 0.6) is 11.6 Å². The van der Waals surface area contributed by atoms with E-state index in [1.165, 1.54) is 6.20 Å². The highest BCUT2D eigenvalue weighted by Crippen LogP contribution is 2.25. The van der Waals surface area contributed by atoms with E-state index < -0.39 is 0 Å². The standard InChI is InChI=1S/C13H9BrN2O/c1-9-6-11(3-4-12(9)14)17-13-5-2-10(7-15)8-16-13/h2-6,8H,1H3. The van der Waals surface area contributed by atoms with Crippen LogP contribution in [0.4, 0.5) is 0 Å². The van der Waals surface area contributed by atoms with Crippen molar-refractivity contribution < 1.29 is 4.74 Å². The quantitative estimate of drug-likeness (QED) is 0.844. The van der Waals surface area contributed by atoms with Crippen molar-refractivity contribution in [3.63, 3.8) is 0 Å². The Morgan fingerprint density at radius 1 is 1.29 bits per heavy atom. The minimum Gasteiger partial charge on any atom is -0.439 e. The van der Waals surface area contributed by atoms with Crippen molar-refractivity contribution in [1.82, 2.24) is 4.98 Å². The molecule has 84 valence electrons. The third kappa shape index (κ3) is 2.83. The van der Waals surface area contributed by atoms with Gasteiger partial charge in [0.1, 0.15) is 11.8 Å². The number of halogens is 1. The zero-order valence-electron chi connectivity index (χ0n) is 9.14. The summed E-state index contributed by atoms with van der Waals surface area (Å²) in [6, 6.07) is 11.1. The Balaban J connectivity index is 2.20. The molecule has 1 aromatic carbocycles. The Morgan fingerprint density at radius 3 is 2.71 bits per heavy atom. The first-order valence-electron chi connectivity index (χ1n) is 4.99. The third-order valence-corrected chi connectivity index (χ3v) is 3.11. The van der Waals surface area contributed by atoms with E-state index in [1.54, 1.807) is 12.1 Å². The van der Waals surface area contributed by atoms with Crippen LogP contribution in [-0.2, 0) is 0 Å². The molecule has 0 N–H and O–H groups in total. The molecule has 4 heteroatoms. The molecule has 17 heavy (non-hydrogen) atoms. The SMILES string of the molecule is Cc1cc(Oc2ccc(C#N)cn2)ccc1Br. The van der Waals surface area contributed by atoms with E-state index in [0.717, 1.165) is 15.8 Å². The Morgan fingerprint density at radius 2 is 2.12 bits per heavy atom. The number of ether oxygens (including phenoxy) is 1. The molecule has 0 fully saturated rings. The molecule has 3 nitrogen and oxygen atoms in total. The van der Waals surface area contributed by atoms with Gasteiger partial charge in [-0.05, 0) is 36.8 Å². The largest absolute Gasteiger partial charge is 0.439 e. The van der Waals surface area contributed by atoms with E-state index in [4.69, 9.17) is 10.00 Å². The van der Waals surface area contributed by atoms with Crippen LogP contribution in [-0.4, -0.2) is 4.98 Å². The average molecular weight is 289 g/mol. The van der Waals surface area contributed by atoms with Crippen LogP contribution in [0.15, 0.2) is 41.0 Å². The lowest BCUT2D eigenvalue weighted by Gasteiger charge is -2.06. The maximum Gasteiger partial charge on any atom is 0.219 e. The molecule has 0 aliphatic rings. The predicted octanol–water partition coefficient (Wildman–Crippen LogP) is 3.82. The minimum absolute atomic E-state index is 0.478. The van der Waals surface area contributed by atoms with Gasteiger partial charge in [0.15, 0.2) is 0 Å². The molecule has 0 aliphatic carbocycles. The Labute approximate surface area is 108 Å². The highest BCUT2D eigenvalue weighted by Gasteiger charge is 2.01. The molecule has 0 bridgehead atoms. The molecule has 0 saturated carbocycles. The van der Waals surface area contributed by atoms with Crippen molar-refractivity contribution >= 4 is 15.9 Å². The zero-order chi connectivity index (χ0) is 12.3. The second-order valence-corrected chi connectivity index (χ2v) is 4.36. The molecule has 0 saturated heterocycles. The number of rotatable bonds is 2. The van der Waals surface area contributed by atoms with Crippen molar-refractivity contribution in [2.45, 2.75) is 6.92 Å². The second kappa shape index (κ2) is 4.98. The first kappa shape index (κ1) is 11.6. The maximum atomic E-state index is 8.65. The first-order valence-corrected chi connectivity index (χ1v) is 5.78. The van der Waals surface area contributed by atoms with Gasteiger partial charge in [-0.1, -0.05) is 15.9 Å². The van der Waals surface area contributed by atoms with Crippen LogP contribution < -0.4 is 4.74 Å². The minimum atomic E-state index is 0.478. The monoisotopic (exact) mass is 288 g/mol. The molecule has 0 unspecified atom stereocenters. The summed E-state index contributed by atoms with van der Waals surface area (Å²) in [5, 5.41) is 8.65. The van der Waals surface area contributed by atoms with Crippen molar-refractivity contribution in [3.8, 4) is 17.7 Å². The van der Waals surface area contributed by atoms with Crippen LogP contribution in [0.2, 0.25) is 0 Å². The normalized spacial score (nSPS) is 9.71. The van der Waals surface area contributed by atoms with Gasteiger partial charge in [-0.2, -0.15) is 5.26 Å². The lowest BCUT2D eigenvalue weighted by Crippen LogP contribution is -1.89. The fraction of sp³-hybridized carbons (Fsp3) is 0.0769. The Kier molecular flexibility index (Phi) is 3.40. The first-order chi connectivity index (χ1) is 8.19. The highest BCUT2D eigenvalue weighted by molar-refractivity contribution is 9.10. The summed E-state index contributed by atoms with van der Waals surface area (Å²) >= 11 is 3.43. The summed E-state index contributed by atoms with van der Waals surface area (Å²) in [5.41, 5.74) is 1.61. The van der Waals surface area contributed by atoms with Crippen LogP contribution in [0.1, 0.15) is 11.1 Å². The van der Waals surface area contributed by atoms with Crippen LogP contribution in [0.25, 0.3) is 0 Å². The summed E-state index contributed by atoms with van der Waals surface area (Å²) in [7, 11) is 0. The van der Waals surface area contributed by atoms with Crippen LogP contribution in [0, 0.1) is 18.3 Å².